The van der Waals surface area contributed by atoms with Gasteiger partial charge in [-0.15, -0.1) is 11.3 Å². The number of carbonyl (C=O) groups is 2. The number of nitrogens with one attached hydrogen (secondary N) is 1. The minimum Gasteiger partial charge on any atom is -0.485 e. The van der Waals surface area contributed by atoms with E-state index in [1.54, 1.807) is 17.2 Å². The van der Waals surface area contributed by atoms with E-state index in [0.29, 0.717) is 45.4 Å². The number of ether oxygens (including phenoxy) is 1. The lowest BCUT2D eigenvalue weighted by Gasteiger charge is -2.38. The Morgan fingerprint density at radius 1 is 1.12 bits per heavy atom. The lowest BCUT2D eigenvalue weighted by atomic mass is 10.0. The number of halogens is 4. The Balaban J connectivity index is 1.23. The fraction of sp³-hybridized carbons (Fsp3) is 0.528. The molecule has 51 heavy (non-hydrogen) atoms. The molecule has 15 heteroatoms. The van der Waals surface area contributed by atoms with Crippen LogP contribution in [0.15, 0.2) is 36.5 Å². The summed E-state index contributed by atoms with van der Waals surface area (Å²) in [7, 11) is -2.00. The van der Waals surface area contributed by atoms with E-state index in [1.807, 2.05) is 31.2 Å². The van der Waals surface area contributed by atoms with E-state index in [4.69, 9.17) is 55.6 Å². The highest BCUT2D eigenvalue weighted by Crippen LogP contribution is 2.43. The second-order valence-electron chi connectivity index (χ2n) is 14.9. The lowest BCUT2D eigenvalue weighted by molar-refractivity contribution is -0.136. The summed E-state index contributed by atoms with van der Waals surface area (Å²) < 4.78 is 12.9. The molecule has 5 rings (SSSR count). The molecule has 2 heterocycles. The number of rotatable bonds is 14. The minimum atomic E-state index is -2.00. The largest absolute Gasteiger partial charge is 0.485 e. The zero-order valence-corrected chi connectivity index (χ0v) is 34.6. The van der Waals surface area contributed by atoms with Gasteiger partial charge >= 0.3 is 6.09 Å². The molecule has 3 atom stereocenters. The van der Waals surface area contributed by atoms with Gasteiger partial charge < -0.3 is 29.4 Å². The van der Waals surface area contributed by atoms with Gasteiger partial charge in [0.1, 0.15) is 6.10 Å². The van der Waals surface area contributed by atoms with Gasteiger partial charge in [0.05, 0.1) is 38.7 Å². The van der Waals surface area contributed by atoms with Gasteiger partial charge in [-0.05, 0) is 73.6 Å². The number of carboxylic acid groups (broad SMARTS) is 1. The summed E-state index contributed by atoms with van der Waals surface area (Å²) in [6, 6.07) is 9.21. The molecular weight excluding hydrogens is 770 g/mol. The number of hydrogen-bond acceptors (Lipinski definition) is 7. The van der Waals surface area contributed by atoms with Crippen LogP contribution in [0.5, 0.6) is 5.75 Å². The van der Waals surface area contributed by atoms with Gasteiger partial charge in [-0.2, -0.15) is 0 Å². The molecule has 9 nitrogen and oxygen atoms in total. The summed E-state index contributed by atoms with van der Waals surface area (Å²) >= 11 is 27.7. The number of anilines is 1. The molecule has 1 saturated heterocycles. The van der Waals surface area contributed by atoms with Gasteiger partial charge in [0.25, 0.3) is 0 Å². The van der Waals surface area contributed by atoms with E-state index in [2.05, 4.69) is 49.1 Å². The van der Waals surface area contributed by atoms with E-state index >= 15 is 0 Å². The fourth-order valence-corrected chi connectivity index (χ4v) is 9.25. The third-order valence-electron chi connectivity index (χ3n) is 9.95. The SMILES string of the molecule is C[C@@H](O[Si](C)(C)C(C)(C)C)c1cc(Cl)c(O[C@@H]2CCN(c3ncc(C[C@@H](CNC(=O)O)C(=O)N(Cc4cccc(Cl)c4Cl)C4CC4)s3)C2)c(Cl)c1. The van der Waals surface area contributed by atoms with Crippen molar-refractivity contribution in [2.24, 2.45) is 5.92 Å². The topological polar surface area (TPSA) is 104 Å². The summed E-state index contributed by atoms with van der Waals surface area (Å²) in [5, 5.41) is 14.4. The van der Waals surface area contributed by atoms with Gasteiger partial charge in [0.15, 0.2) is 19.2 Å². The number of amides is 2. The van der Waals surface area contributed by atoms with Gasteiger partial charge in [0.2, 0.25) is 5.91 Å². The Morgan fingerprint density at radius 2 is 1.80 bits per heavy atom. The number of nitrogens with zero attached hydrogens (tertiary/aromatic N) is 3. The summed E-state index contributed by atoms with van der Waals surface area (Å²) in [6.07, 6.45) is 3.13. The first-order chi connectivity index (χ1) is 23.9. The number of hydrogen-bond donors (Lipinski definition) is 2. The van der Waals surface area contributed by atoms with Crippen molar-refractivity contribution in [3.63, 3.8) is 0 Å². The van der Waals surface area contributed by atoms with Gasteiger partial charge in [0, 0.05) is 43.2 Å². The van der Waals surface area contributed by atoms with Crippen LogP contribution >= 0.6 is 57.7 Å². The Bertz CT molecular complexity index is 1710. The zero-order chi connectivity index (χ0) is 37.2. The smallest absolute Gasteiger partial charge is 0.404 e. The van der Waals surface area contributed by atoms with Crippen molar-refractivity contribution in [1.29, 1.82) is 0 Å². The molecule has 278 valence electrons. The van der Waals surface area contributed by atoms with Crippen molar-refractivity contribution >= 4 is 83.2 Å². The average Bonchev–Trinajstić information content (AvgIpc) is 3.59. The number of aromatic nitrogens is 1. The van der Waals surface area contributed by atoms with Crippen molar-refractivity contribution in [2.75, 3.05) is 24.5 Å². The molecule has 2 aliphatic rings. The number of benzene rings is 2. The lowest BCUT2D eigenvalue weighted by Crippen LogP contribution is -2.43. The third-order valence-corrected chi connectivity index (χ3v) is 17.0. The normalized spacial score (nSPS) is 17.7. The third kappa shape index (κ3) is 10.0. The standard InChI is InChI=1S/C36H46Cl4N4O5SSi/c1-21(49-51(5,6)36(2,3)4)23-15-29(38)32(30(39)16-23)48-26-12-13-43(20-26)34-41-18-27(50-34)14-24(17-42-35(46)47)33(45)44(25-10-11-25)19-22-8-7-9-28(37)31(22)40/h7-9,15-16,18,21,24-26,42H,10-14,17,19-20H2,1-6H3,(H,46,47)/t21-,24+,26-/m1/s1. The Morgan fingerprint density at radius 3 is 2.43 bits per heavy atom. The fourth-order valence-electron chi connectivity index (χ4n) is 5.88. The Labute approximate surface area is 325 Å². The molecule has 1 aliphatic heterocycles. The monoisotopic (exact) mass is 814 g/mol. The van der Waals surface area contributed by atoms with Crippen molar-refractivity contribution in [2.45, 2.75) is 96.3 Å². The van der Waals surface area contributed by atoms with Crippen LogP contribution in [0, 0.1) is 5.92 Å². The molecule has 0 radical (unpaired) electrons. The average molecular weight is 817 g/mol. The van der Waals surface area contributed by atoms with Crippen molar-refractivity contribution < 1.29 is 23.9 Å². The van der Waals surface area contributed by atoms with Crippen LogP contribution in [-0.2, 0) is 22.2 Å². The molecule has 1 saturated carbocycles. The van der Waals surface area contributed by atoms with Gasteiger partial charge in [-0.3, -0.25) is 4.79 Å². The van der Waals surface area contributed by atoms with E-state index in [0.717, 1.165) is 46.9 Å². The second kappa shape index (κ2) is 16.4. The van der Waals surface area contributed by atoms with E-state index in [9.17, 15) is 14.7 Å². The number of thiazole rings is 1. The maximum absolute atomic E-state index is 14.0. The maximum Gasteiger partial charge on any atom is 0.404 e. The highest BCUT2D eigenvalue weighted by atomic mass is 35.5. The molecule has 0 bridgehead atoms. The van der Waals surface area contributed by atoms with Crippen molar-refractivity contribution in [3.8, 4) is 5.75 Å². The first-order valence-corrected chi connectivity index (χ1v) is 22.4. The quantitative estimate of drug-likeness (QED) is 0.156. The van der Waals surface area contributed by atoms with E-state index in [-0.39, 0.29) is 35.7 Å². The highest BCUT2D eigenvalue weighted by molar-refractivity contribution is 7.15. The Hall–Kier alpha value is -2.25. The zero-order valence-electron chi connectivity index (χ0n) is 29.8. The van der Waals surface area contributed by atoms with Crippen LogP contribution in [0.2, 0.25) is 38.2 Å². The molecule has 2 fully saturated rings. The molecule has 3 aromatic rings. The molecule has 2 aromatic carbocycles. The molecule has 0 unspecified atom stereocenters. The number of carbonyl (C=O) groups excluding carboxylic acids is 1. The van der Waals surface area contributed by atoms with Crippen LogP contribution in [0.1, 0.15) is 69.1 Å². The predicted octanol–water partition coefficient (Wildman–Crippen LogP) is 10.1. The van der Waals surface area contributed by atoms with Crippen LogP contribution in [0.3, 0.4) is 0 Å². The molecule has 1 aliphatic carbocycles. The summed E-state index contributed by atoms with van der Waals surface area (Å²) in [4.78, 5) is 35.0. The van der Waals surface area contributed by atoms with E-state index < -0.39 is 20.3 Å². The second-order valence-corrected chi connectivity index (χ2v) is 22.4. The van der Waals surface area contributed by atoms with Crippen LogP contribution < -0.4 is 15.0 Å². The highest BCUT2D eigenvalue weighted by Gasteiger charge is 2.39. The summed E-state index contributed by atoms with van der Waals surface area (Å²) in [6.45, 7) is 14.7. The maximum atomic E-state index is 14.0. The summed E-state index contributed by atoms with van der Waals surface area (Å²) in [5.74, 6) is -0.294. The van der Waals surface area contributed by atoms with Crippen molar-refractivity contribution in [1.82, 2.24) is 15.2 Å². The van der Waals surface area contributed by atoms with Crippen molar-refractivity contribution in [3.05, 3.63) is 72.6 Å². The van der Waals surface area contributed by atoms with Crippen LogP contribution in [0.4, 0.5) is 9.93 Å². The van der Waals surface area contributed by atoms with Gasteiger partial charge in [-0.25, -0.2) is 9.78 Å². The van der Waals surface area contributed by atoms with Crippen LogP contribution in [-0.4, -0.2) is 67.1 Å². The Kier molecular flexibility index (Phi) is 12.8. The molecule has 1 aromatic heterocycles. The first-order valence-electron chi connectivity index (χ1n) is 17.2. The molecule has 0 spiro atoms. The molecular formula is C36H46Cl4N4O5SSi. The van der Waals surface area contributed by atoms with E-state index in [1.165, 1.54) is 11.3 Å². The minimum absolute atomic E-state index is 0.0188. The first kappa shape index (κ1) is 39.9. The predicted molar refractivity (Wildman–Crippen MR) is 210 cm³/mol. The summed E-state index contributed by atoms with van der Waals surface area (Å²) in [5.41, 5.74) is 1.67. The molecule has 2 amide bonds. The van der Waals surface area contributed by atoms with Crippen LogP contribution in [0.25, 0.3) is 0 Å². The van der Waals surface area contributed by atoms with Gasteiger partial charge in [-0.1, -0.05) is 79.3 Å². The molecule has 2 N–H and O–H groups in total.